The summed E-state index contributed by atoms with van der Waals surface area (Å²) in [5.41, 5.74) is 0.905. The summed E-state index contributed by atoms with van der Waals surface area (Å²) >= 11 is 0. The Morgan fingerprint density at radius 3 is 2.65 bits per heavy atom. The maximum absolute atomic E-state index is 12.0. The molecular formula is C14H24N2O3S. The lowest BCUT2D eigenvalue weighted by Gasteiger charge is -2.13. The van der Waals surface area contributed by atoms with E-state index in [0.29, 0.717) is 12.5 Å². The number of hydrogen-bond acceptors (Lipinski definition) is 4. The van der Waals surface area contributed by atoms with Crippen molar-refractivity contribution in [3.05, 3.63) is 23.2 Å². The Morgan fingerprint density at radius 1 is 1.40 bits per heavy atom. The van der Waals surface area contributed by atoms with E-state index >= 15 is 0 Å². The molecule has 1 aliphatic carbocycles. The van der Waals surface area contributed by atoms with Gasteiger partial charge in [-0.1, -0.05) is 0 Å². The third-order valence-corrected chi connectivity index (χ3v) is 5.04. The van der Waals surface area contributed by atoms with Crippen LogP contribution in [0.2, 0.25) is 0 Å². The monoisotopic (exact) mass is 300 g/mol. The fraction of sp³-hybridized carbons (Fsp3) is 0.714. The fourth-order valence-electron chi connectivity index (χ4n) is 2.33. The third kappa shape index (κ3) is 4.61. The third-order valence-electron chi connectivity index (χ3n) is 3.50. The van der Waals surface area contributed by atoms with Crippen LogP contribution in [-0.2, 0) is 10.0 Å². The minimum absolute atomic E-state index is 0.160. The Hall–Kier alpha value is -0.850. The number of furan rings is 1. The molecule has 1 atom stereocenters. The average Bonchev–Trinajstić information content (AvgIpc) is 3.09. The number of aryl methyl sites for hydroxylation is 2. The molecule has 0 bridgehead atoms. The van der Waals surface area contributed by atoms with Crippen molar-refractivity contribution in [1.82, 2.24) is 10.0 Å². The van der Waals surface area contributed by atoms with Gasteiger partial charge in [-0.15, -0.1) is 0 Å². The van der Waals surface area contributed by atoms with Crippen molar-refractivity contribution < 1.29 is 12.8 Å². The molecule has 2 N–H and O–H groups in total. The van der Waals surface area contributed by atoms with Crippen LogP contribution in [0.5, 0.6) is 0 Å². The SMILES string of the molecule is Cc1cc(C(C)NS(=O)(=O)CCCNC2CC2)c(C)o1. The molecule has 1 saturated carbocycles. The summed E-state index contributed by atoms with van der Waals surface area (Å²) in [7, 11) is -3.25. The summed E-state index contributed by atoms with van der Waals surface area (Å²) in [4.78, 5) is 0. The quantitative estimate of drug-likeness (QED) is 0.721. The second kappa shape index (κ2) is 6.28. The minimum atomic E-state index is -3.25. The van der Waals surface area contributed by atoms with E-state index in [-0.39, 0.29) is 11.8 Å². The first-order valence-electron chi connectivity index (χ1n) is 7.18. The largest absolute Gasteiger partial charge is 0.466 e. The summed E-state index contributed by atoms with van der Waals surface area (Å²) in [6.07, 6.45) is 3.09. The molecule has 1 aromatic rings. The van der Waals surface area contributed by atoms with Gasteiger partial charge in [-0.25, -0.2) is 13.1 Å². The van der Waals surface area contributed by atoms with Gasteiger partial charge in [-0.05, 0) is 52.6 Å². The van der Waals surface area contributed by atoms with Gasteiger partial charge in [-0.3, -0.25) is 0 Å². The maximum atomic E-state index is 12.0. The van der Waals surface area contributed by atoms with Gasteiger partial charge in [0.25, 0.3) is 0 Å². The molecule has 0 aromatic carbocycles. The van der Waals surface area contributed by atoms with Crippen molar-refractivity contribution in [2.75, 3.05) is 12.3 Å². The van der Waals surface area contributed by atoms with Crippen LogP contribution in [0.1, 0.15) is 49.3 Å². The lowest BCUT2D eigenvalue weighted by molar-refractivity contribution is 0.496. The lowest BCUT2D eigenvalue weighted by atomic mass is 10.1. The molecule has 1 aromatic heterocycles. The first kappa shape index (κ1) is 15.5. The summed E-state index contributed by atoms with van der Waals surface area (Å²) in [5.74, 6) is 1.73. The van der Waals surface area contributed by atoms with Crippen LogP contribution >= 0.6 is 0 Å². The molecule has 1 heterocycles. The van der Waals surface area contributed by atoms with E-state index < -0.39 is 10.0 Å². The smallest absolute Gasteiger partial charge is 0.212 e. The lowest BCUT2D eigenvalue weighted by Crippen LogP contribution is -2.31. The molecule has 1 aliphatic rings. The van der Waals surface area contributed by atoms with Crippen LogP contribution in [-0.4, -0.2) is 26.8 Å². The molecule has 6 heteroatoms. The average molecular weight is 300 g/mol. The highest BCUT2D eigenvalue weighted by atomic mass is 32.2. The zero-order chi connectivity index (χ0) is 14.8. The Morgan fingerprint density at radius 2 is 2.10 bits per heavy atom. The molecule has 114 valence electrons. The second-order valence-electron chi connectivity index (χ2n) is 5.61. The zero-order valence-corrected chi connectivity index (χ0v) is 13.2. The fourth-order valence-corrected chi connectivity index (χ4v) is 3.64. The summed E-state index contributed by atoms with van der Waals surface area (Å²) in [6, 6.07) is 2.26. The first-order chi connectivity index (χ1) is 9.37. The Bertz CT molecular complexity index is 547. The molecule has 5 nitrogen and oxygen atoms in total. The van der Waals surface area contributed by atoms with Gasteiger partial charge in [0.15, 0.2) is 0 Å². The summed E-state index contributed by atoms with van der Waals surface area (Å²) < 4.78 is 32.2. The Balaban J connectivity index is 1.81. The van der Waals surface area contributed by atoms with Crippen LogP contribution in [0.15, 0.2) is 10.5 Å². The number of sulfonamides is 1. The van der Waals surface area contributed by atoms with E-state index in [1.165, 1.54) is 12.8 Å². The molecular weight excluding hydrogens is 276 g/mol. The van der Waals surface area contributed by atoms with E-state index in [2.05, 4.69) is 10.0 Å². The predicted molar refractivity (Wildman–Crippen MR) is 79.2 cm³/mol. The Kier molecular flexibility index (Phi) is 4.88. The molecule has 0 aliphatic heterocycles. The molecule has 2 rings (SSSR count). The van der Waals surface area contributed by atoms with E-state index in [0.717, 1.165) is 23.6 Å². The highest BCUT2D eigenvalue weighted by Gasteiger charge is 2.21. The van der Waals surface area contributed by atoms with Crippen molar-refractivity contribution in [1.29, 1.82) is 0 Å². The highest BCUT2D eigenvalue weighted by Crippen LogP contribution is 2.22. The van der Waals surface area contributed by atoms with Crippen LogP contribution in [0.4, 0.5) is 0 Å². The van der Waals surface area contributed by atoms with Crippen LogP contribution < -0.4 is 10.0 Å². The van der Waals surface area contributed by atoms with E-state index in [9.17, 15) is 8.42 Å². The number of nitrogens with one attached hydrogen (secondary N) is 2. The van der Waals surface area contributed by atoms with Gasteiger partial charge < -0.3 is 9.73 Å². The number of hydrogen-bond donors (Lipinski definition) is 2. The molecule has 20 heavy (non-hydrogen) atoms. The molecule has 1 unspecified atom stereocenters. The van der Waals surface area contributed by atoms with E-state index in [1.807, 2.05) is 26.8 Å². The van der Waals surface area contributed by atoms with Crippen molar-refractivity contribution in [2.24, 2.45) is 0 Å². The minimum Gasteiger partial charge on any atom is -0.466 e. The van der Waals surface area contributed by atoms with Crippen molar-refractivity contribution in [3.8, 4) is 0 Å². The van der Waals surface area contributed by atoms with Crippen molar-refractivity contribution in [3.63, 3.8) is 0 Å². The van der Waals surface area contributed by atoms with Gasteiger partial charge in [0, 0.05) is 17.6 Å². The van der Waals surface area contributed by atoms with Gasteiger partial charge >= 0.3 is 0 Å². The van der Waals surface area contributed by atoms with Crippen LogP contribution in [0.3, 0.4) is 0 Å². The van der Waals surface area contributed by atoms with Gasteiger partial charge in [0.1, 0.15) is 11.5 Å². The van der Waals surface area contributed by atoms with Gasteiger partial charge in [0.2, 0.25) is 10.0 Å². The maximum Gasteiger partial charge on any atom is 0.212 e. The van der Waals surface area contributed by atoms with E-state index in [4.69, 9.17) is 4.42 Å². The topological polar surface area (TPSA) is 71.3 Å². The van der Waals surface area contributed by atoms with Gasteiger partial charge in [-0.2, -0.15) is 0 Å². The van der Waals surface area contributed by atoms with Crippen molar-refractivity contribution in [2.45, 2.75) is 52.1 Å². The number of rotatable bonds is 8. The standard InChI is InChI=1S/C14H24N2O3S/c1-10-9-14(12(3)19-10)11(2)16-20(17,18)8-4-7-15-13-5-6-13/h9,11,13,15-16H,4-8H2,1-3H3. The first-order valence-corrected chi connectivity index (χ1v) is 8.83. The van der Waals surface area contributed by atoms with Gasteiger partial charge in [0.05, 0.1) is 5.75 Å². The zero-order valence-electron chi connectivity index (χ0n) is 12.4. The molecule has 0 amide bonds. The highest BCUT2D eigenvalue weighted by molar-refractivity contribution is 7.89. The molecule has 0 saturated heterocycles. The van der Waals surface area contributed by atoms with Crippen molar-refractivity contribution >= 4 is 10.0 Å². The van der Waals surface area contributed by atoms with E-state index in [1.54, 1.807) is 0 Å². The second-order valence-corrected chi connectivity index (χ2v) is 7.48. The summed E-state index contributed by atoms with van der Waals surface area (Å²) in [6.45, 7) is 6.33. The Labute approximate surface area is 121 Å². The normalized spacial score (nSPS) is 17.4. The summed E-state index contributed by atoms with van der Waals surface area (Å²) in [5, 5.41) is 3.32. The molecule has 0 radical (unpaired) electrons. The van der Waals surface area contributed by atoms with Crippen LogP contribution in [0, 0.1) is 13.8 Å². The molecule has 1 fully saturated rings. The predicted octanol–water partition coefficient (Wildman–Crippen LogP) is 2.02. The van der Waals surface area contributed by atoms with Crippen LogP contribution in [0.25, 0.3) is 0 Å². The molecule has 0 spiro atoms.